The number of hydrogen-bond donors (Lipinski definition) is 0. The van der Waals surface area contributed by atoms with E-state index in [0.717, 1.165) is 27.7 Å². The van der Waals surface area contributed by atoms with Gasteiger partial charge >= 0.3 is 0 Å². The zero-order valence-corrected chi connectivity index (χ0v) is 18.6. The maximum Gasteiger partial charge on any atom is 0.230 e. The second-order valence-electron chi connectivity index (χ2n) is 7.60. The van der Waals surface area contributed by atoms with Crippen LogP contribution in [-0.2, 0) is 16.1 Å². The fourth-order valence-electron chi connectivity index (χ4n) is 2.76. The average molecular weight is 417 g/mol. The van der Waals surface area contributed by atoms with E-state index in [1.807, 2.05) is 36.0 Å². The molecular weight excluding hydrogens is 392 g/mol. The third kappa shape index (κ3) is 4.41. The van der Waals surface area contributed by atoms with Gasteiger partial charge in [0.15, 0.2) is 5.13 Å². The first kappa shape index (κ1) is 20.5. The number of carbonyl (C=O) groups is 1. The molecule has 1 aromatic carbocycles. The van der Waals surface area contributed by atoms with Crippen molar-refractivity contribution < 1.29 is 4.79 Å². The lowest BCUT2D eigenvalue weighted by molar-refractivity contribution is -0.115. The molecule has 3 rings (SSSR count). The topological polar surface area (TPSA) is 76.8 Å². The predicted molar refractivity (Wildman–Crippen MR) is 113 cm³/mol. The van der Waals surface area contributed by atoms with Crippen LogP contribution in [0.4, 0.5) is 10.8 Å². The molecule has 1 amide bonds. The van der Waals surface area contributed by atoms with Crippen molar-refractivity contribution in [2.24, 2.45) is 0 Å². The Morgan fingerprint density at radius 1 is 1.29 bits per heavy atom. The molecule has 0 N–H and O–H groups in total. The zero-order valence-electron chi connectivity index (χ0n) is 16.9. The van der Waals surface area contributed by atoms with Crippen LogP contribution in [0.15, 0.2) is 28.7 Å². The van der Waals surface area contributed by atoms with Gasteiger partial charge in [-0.3, -0.25) is 9.69 Å². The Labute approximate surface area is 173 Å². The second kappa shape index (κ2) is 8.00. The van der Waals surface area contributed by atoms with Gasteiger partial charge in [-0.05, 0) is 56.7 Å². The summed E-state index contributed by atoms with van der Waals surface area (Å²) >= 11 is 3.00. The van der Waals surface area contributed by atoms with E-state index in [1.54, 1.807) is 11.8 Å². The third-order valence-corrected chi connectivity index (χ3v) is 5.89. The van der Waals surface area contributed by atoms with Crippen LogP contribution < -0.4 is 4.90 Å². The van der Waals surface area contributed by atoms with Crippen molar-refractivity contribution in [1.29, 1.82) is 0 Å². The number of nitrogens with zero attached hydrogens (tertiary/aromatic N) is 6. The first-order valence-corrected chi connectivity index (χ1v) is 10.8. The summed E-state index contributed by atoms with van der Waals surface area (Å²) in [5.74, 6) is 0.572. The normalized spacial score (nSPS) is 11.6. The van der Waals surface area contributed by atoms with E-state index in [2.05, 4.69) is 47.3 Å². The summed E-state index contributed by atoms with van der Waals surface area (Å²) in [6.45, 7) is 11.8. The molecule has 2 heterocycles. The van der Waals surface area contributed by atoms with Crippen LogP contribution in [0.3, 0.4) is 0 Å². The van der Waals surface area contributed by atoms with Gasteiger partial charge < -0.3 is 0 Å². The number of anilines is 2. The molecule has 148 valence electrons. The van der Waals surface area contributed by atoms with Gasteiger partial charge in [0.25, 0.3) is 0 Å². The molecule has 0 radical (unpaired) electrons. The zero-order chi connectivity index (χ0) is 20.5. The molecule has 0 aliphatic heterocycles. The number of tetrazole rings is 1. The summed E-state index contributed by atoms with van der Waals surface area (Å²) in [7, 11) is 0. The van der Waals surface area contributed by atoms with E-state index in [0.29, 0.717) is 10.9 Å². The molecule has 0 fully saturated rings. The van der Waals surface area contributed by atoms with Gasteiger partial charge in [0.2, 0.25) is 11.1 Å². The molecule has 0 unspecified atom stereocenters. The Balaban J connectivity index is 1.80. The van der Waals surface area contributed by atoms with Crippen LogP contribution in [0.2, 0.25) is 0 Å². The summed E-state index contributed by atoms with van der Waals surface area (Å²) in [6, 6.07) is 6.05. The predicted octanol–water partition coefficient (Wildman–Crippen LogP) is 4.48. The van der Waals surface area contributed by atoms with Crippen LogP contribution in [-0.4, -0.2) is 31.1 Å². The highest BCUT2D eigenvalue weighted by molar-refractivity contribution is 7.98. The number of rotatable bonds is 5. The number of carbonyl (C=O) groups excluding carboxylic acids is 1. The van der Waals surface area contributed by atoms with E-state index in [4.69, 9.17) is 0 Å². The maximum atomic E-state index is 12.3. The highest BCUT2D eigenvalue weighted by Crippen LogP contribution is 2.33. The number of amides is 1. The number of hydrogen-bond acceptors (Lipinski definition) is 7. The van der Waals surface area contributed by atoms with Gasteiger partial charge in [-0.25, -0.2) is 9.67 Å². The van der Waals surface area contributed by atoms with Gasteiger partial charge in [0.05, 0.1) is 16.9 Å². The molecule has 0 aliphatic rings. The highest BCUT2D eigenvalue weighted by Gasteiger charge is 2.22. The van der Waals surface area contributed by atoms with Crippen molar-refractivity contribution in [3.8, 4) is 0 Å². The van der Waals surface area contributed by atoms with Crippen LogP contribution in [0.1, 0.15) is 44.5 Å². The number of aromatic nitrogens is 5. The van der Waals surface area contributed by atoms with Crippen LogP contribution >= 0.6 is 23.1 Å². The maximum absolute atomic E-state index is 12.3. The Kier molecular flexibility index (Phi) is 5.85. The van der Waals surface area contributed by atoms with Crippen LogP contribution in [0, 0.1) is 13.8 Å². The number of thiazole rings is 1. The molecule has 0 bridgehead atoms. The smallest absolute Gasteiger partial charge is 0.230 e. The molecule has 2 aromatic heterocycles. The minimum absolute atomic E-state index is 0.0582. The van der Waals surface area contributed by atoms with Crippen molar-refractivity contribution in [3.05, 3.63) is 40.4 Å². The lowest BCUT2D eigenvalue weighted by atomic mass is 10.1. The van der Waals surface area contributed by atoms with E-state index >= 15 is 0 Å². The molecule has 0 atom stereocenters. The molecular formula is C19H24N6OS2. The Hall–Kier alpha value is -2.26. The molecule has 9 heteroatoms. The Morgan fingerprint density at radius 2 is 2.04 bits per heavy atom. The first-order valence-electron chi connectivity index (χ1n) is 8.91. The molecule has 0 saturated carbocycles. The summed E-state index contributed by atoms with van der Waals surface area (Å²) in [5.41, 5.74) is 3.78. The Bertz CT molecular complexity index is 988. The lowest BCUT2D eigenvalue weighted by Gasteiger charge is -2.20. The quantitative estimate of drug-likeness (QED) is 0.571. The Morgan fingerprint density at radius 3 is 2.68 bits per heavy atom. The lowest BCUT2D eigenvalue weighted by Crippen LogP contribution is -2.24. The number of thioether (sulfide) groups is 1. The van der Waals surface area contributed by atoms with Crippen molar-refractivity contribution in [2.45, 2.75) is 58.0 Å². The summed E-state index contributed by atoms with van der Waals surface area (Å²) < 4.78 is 1.81. The number of benzene rings is 1. The molecule has 0 aliphatic carbocycles. The van der Waals surface area contributed by atoms with Gasteiger partial charge in [-0.2, -0.15) is 0 Å². The SMILES string of the molecule is CC(=O)N(c1nc(CSc2nnnn2C(C)(C)C)cs1)c1ccc(C)cc1C. The van der Waals surface area contributed by atoms with E-state index in [-0.39, 0.29) is 11.4 Å². The summed E-state index contributed by atoms with van der Waals surface area (Å²) in [6.07, 6.45) is 0. The standard InChI is InChI=1S/C19H24N6OS2/c1-12-7-8-16(13(2)9-12)24(14(3)26)17-20-15(10-27-17)11-28-18-21-22-23-25(18)19(4,5)6/h7-10H,11H2,1-6H3. The van der Waals surface area contributed by atoms with Gasteiger partial charge in [-0.15, -0.1) is 16.4 Å². The van der Waals surface area contributed by atoms with Crippen LogP contribution in [0.25, 0.3) is 0 Å². The molecule has 3 aromatic rings. The van der Waals surface area contributed by atoms with Crippen molar-refractivity contribution in [3.63, 3.8) is 0 Å². The van der Waals surface area contributed by atoms with Gasteiger partial charge in [0.1, 0.15) is 0 Å². The molecule has 0 spiro atoms. The molecule has 28 heavy (non-hydrogen) atoms. The van der Waals surface area contributed by atoms with Crippen molar-refractivity contribution in [1.82, 2.24) is 25.2 Å². The number of aryl methyl sites for hydroxylation is 2. The van der Waals surface area contributed by atoms with Gasteiger partial charge in [-0.1, -0.05) is 29.5 Å². The van der Waals surface area contributed by atoms with E-state index < -0.39 is 0 Å². The minimum atomic E-state index is -0.187. The fraction of sp³-hybridized carbons (Fsp3) is 0.421. The minimum Gasteiger partial charge on any atom is -0.274 e. The molecule has 7 nitrogen and oxygen atoms in total. The first-order chi connectivity index (χ1) is 13.2. The monoisotopic (exact) mass is 416 g/mol. The molecule has 0 saturated heterocycles. The summed E-state index contributed by atoms with van der Waals surface area (Å²) in [5, 5.41) is 15.4. The highest BCUT2D eigenvalue weighted by atomic mass is 32.2. The summed E-state index contributed by atoms with van der Waals surface area (Å²) in [4.78, 5) is 18.7. The fourth-order valence-corrected chi connectivity index (χ4v) is 4.69. The average Bonchev–Trinajstić information content (AvgIpc) is 3.24. The van der Waals surface area contributed by atoms with Crippen molar-refractivity contribution in [2.75, 3.05) is 4.90 Å². The third-order valence-electron chi connectivity index (χ3n) is 4.06. The van der Waals surface area contributed by atoms with Gasteiger partial charge in [0, 0.05) is 18.1 Å². The van der Waals surface area contributed by atoms with E-state index in [1.165, 1.54) is 23.1 Å². The van der Waals surface area contributed by atoms with Crippen LogP contribution in [0.5, 0.6) is 0 Å². The van der Waals surface area contributed by atoms with Crippen molar-refractivity contribution >= 4 is 39.8 Å². The van der Waals surface area contributed by atoms with E-state index in [9.17, 15) is 4.79 Å². The second-order valence-corrected chi connectivity index (χ2v) is 9.38. The largest absolute Gasteiger partial charge is 0.274 e.